The number of unbranched alkanes of at least 4 members (excludes halogenated alkanes) is 18. The van der Waals surface area contributed by atoms with E-state index in [2.05, 4.69) is 67.8 Å². The van der Waals surface area contributed by atoms with Crippen LogP contribution in [0.1, 0.15) is 168 Å². The van der Waals surface area contributed by atoms with Gasteiger partial charge in [-0.05, 0) is 90.1 Å². The summed E-state index contributed by atoms with van der Waals surface area (Å²) in [7, 11) is 0. The molecule has 0 spiro atoms. The Labute approximate surface area is 234 Å². The van der Waals surface area contributed by atoms with Gasteiger partial charge in [0.1, 0.15) is 0 Å². The highest BCUT2D eigenvalue weighted by molar-refractivity contribution is 4.93. The summed E-state index contributed by atoms with van der Waals surface area (Å²) in [6.07, 6.45) is 50.9. The Balaban J connectivity index is 3.16. The Morgan fingerprint density at radius 2 is 0.622 bits per heavy atom. The average Bonchev–Trinajstić information content (AvgIpc) is 2.91. The summed E-state index contributed by atoms with van der Waals surface area (Å²) in [5.41, 5.74) is 0. The summed E-state index contributed by atoms with van der Waals surface area (Å²) >= 11 is 0. The Bertz CT molecular complexity index is 467. The normalized spacial score (nSPS) is 12.4. The van der Waals surface area contributed by atoms with Gasteiger partial charge in [0.2, 0.25) is 0 Å². The minimum atomic E-state index is 1.12. The summed E-state index contributed by atoms with van der Waals surface area (Å²) in [5.74, 6) is 0. The van der Waals surface area contributed by atoms with E-state index >= 15 is 0 Å². The Morgan fingerprint density at radius 1 is 0.324 bits per heavy atom. The summed E-state index contributed by atoms with van der Waals surface area (Å²) in [5, 5.41) is 3.66. The molecular formula is C36H67N. The molecule has 37 heavy (non-hydrogen) atoms. The summed E-state index contributed by atoms with van der Waals surface area (Å²) in [6.45, 7) is 6.97. The van der Waals surface area contributed by atoms with E-state index in [1.54, 1.807) is 0 Å². The lowest BCUT2D eigenvalue weighted by molar-refractivity contribution is 0.540. The van der Waals surface area contributed by atoms with E-state index in [1.807, 2.05) is 0 Å². The molecule has 0 radical (unpaired) electrons. The summed E-state index contributed by atoms with van der Waals surface area (Å²) in [6, 6.07) is 0. The highest BCUT2D eigenvalue weighted by Gasteiger charge is 1.94. The molecular weight excluding hydrogens is 446 g/mol. The zero-order chi connectivity index (χ0) is 26.7. The monoisotopic (exact) mass is 514 g/mol. The molecule has 0 saturated carbocycles. The van der Waals surface area contributed by atoms with Crippen molar-refractivity contribution < 1.29 is 0 Å². The van der Waals surface area contributed by atoms with Gasteiger partial charge in [0.15, 0.2) is 0 Å². The topological polar surface area (TPSA) is 12.0 Å². The molecule has 0 fully saturated rings. The first-order chi connectivity index (χ1) is 18.4. The van der Waals surface area contributed by atoms with E-state index in [0.29, 0.717) is 0 Å². The summed E-state index contributed by atoms with van der Waals surface area (Å²) < 4.78 is 0. The molecule has 0 aliphatic carbocycles. The van der Waals surface area contributed by atoms with Gasteiger partial charge in [0.05, 0.1) is 0 Å². The Hall–Kier alpha value is -1.08. The molecule has 0 heterocycles. The predicted octanol–water partition coefficient (Wildman–Crippen LogP) is 12.2. The van der Waals surface area contributed by atoms with Crippen molar-refractivity contribution in [3.63, 3.8) is 0 Å². The van der Waals surface area contributed by atoms with Crippen LogP contribution in [-0.2, 0) is 0 Å². The van der Waals surface area contributed by atoms with Crippen LogP contribution >= 0.6 is 0 Å². The maximum atomic E-state index is 3.66. The first kappa shape index (κ1) is 35.9. The van der Waals surface area contributed by atoms with Crippen molar-refractivity contribution in [1.82, 2.24) is 5.32 Å². The molecule has 0 aromatic heterocycles. The number of hydrogen-bond acceptors (Lipinski definition) is 1. The second-order valence-corrected chi connectivity index (χ2v) is 10.9. The lowest BCUT2D eigenvalue weighted by Gasteiger charge is -2.05. The molecule has 0 aromatic rings. The van der Waals surface area contributed by atoms with Gasteiger partial charge < -0.3 is 5.32 Å². The van der Waals surface area contributed by atoms with Crippen LogP contribution in [0.4, 0.5) is 0 Å². The molecule has 1 N–H and O–H groups in total. The first-order valence-electron chi connectivity index (χ1n) is 16.7. The molecule has 1 nitrogen and oxygen atoms in total. The van der Waals surface area contributed by atoms with Crippen LogP contribution in [0.15, 0.2) is 48.6 Å². The van der Waals surface area contributed by atoms with Gasteiger partial charge in [0.25, 0.3) is 0 Å². The first-order valence-corrected chi connectivity index (χ1v) is 16.7. The van der Waals surface area contributed by atoms with Crippen molar-refractivity contribution in [2.24, 2.45) is 0 Å². The van der Waals surface area contributed by atoms with Crippen LogP contribution in [-0.4, -0.2) is 13.1 Å². The third-order valence-electron chi connectivity index (χ3n) is 7.11. The van der Waals surface area contributed by atoms with Gasteiger partial charge >= 0.3 is 0 Å². The third kappa shape index (κ3) is 34.9. The van der Waals surface area contributed by atoms with E-state index in [1.165, 1.54) is 154 Å². The fourth-order valence-corrected chi connectivity index (χ4v) is 4.60. The summed E-state index contributed by atoms with van der Waals surface area (Å²) in [4.78, 5) is 0. The molecule has 1 heteroatoms. The molecule has 0 atom stereocenters. The van der Waals surface area contributed by atoms with E-state index in [0.717, 1.165) is 12.8 Å². The predicted molar refractivity (Wildman–Crippen MR) is 172 cm³/mol. The van der Waals surface area contributed by atoms with Crippen molar-refractivity contribution in [2.45, 2.75) is 168 Å². The van der Waals surface area contributed by atoms with Gasteiger partial charge in [-0.25, -0.2) is 0 Å². The quantitative estimate of drug-likeness (QED) is 0.0743. The second kappa shape index (κ2) is 34.9. The molecule has 0 unspecified atom stereocenters. The molecule has 0 aliphatic rings. The van der Waals surface area contributed by atoms with E-state index in [9.17, 15) is 0 Å². The van der Waals surface area contributed by atoms with Gasteiger partial charge in [-0.2, -0.15) is 0 Å². The molecule has 0 aromatic carbocycles. The molecule has 0 amide bonds. The van der Waals surface area contributed by atoms with Crippen LogP contribution in [0.5, 0.6) is 0 Å². The zero-order valence-electron chi connectivity index (χ0n) is 25.5. The Morgan fingerprint density at radius 3 is 0.973 bits per heavy atom. The van der Waals surface area contributed by atoms with E-state index in [-0.39, 0.29) is 0 Å². The SMILES string of the molecule is CCCCCC=CCC=CCCCCCCCCNCCCCCCCC/C=C\C/C=C\CCCCC. The fraction of sp³-hybridized carbons (Fsp3) is 0.778. The molecule has 0 aliphatic heterocycles. The standard InChI is InChI=1S/C36H67N/c1-3-5-7-9-11-13-15-17-19-21-23-25-27-29-31-33-35-37-36-34-32-30-28-26-24-22-20-18-16-14-12-10-8-6-4-2/h11-14,17-20,37H,3-10,15-16,21-36H2,1-2H3/b13-11-,14-12?,19-17-,20-18?. The lowest BCUT2D eigenvalue weighted by atomic mass is 10.1. The minimum absolute atomic E-state index is 1.12. The maximum Gasteiger partial charge on any atom is -0.00489 e. The fourth-order valence-electron chi connectivity index (χ4n) is 4.60. The molecule has 216 valence electrons. The molecule has 0 bridgehead atoms. The van der Waals surface area contributed by atoms with Crippen LogP contribution in [0.3, 0.4) is 0 Å². The van der Waals surface area contributed by atoms with E-state index < -0.39 is 0 Å². The maximum absolute atomic E-state index is 3.66. The van der Waals surface area contributed by atoms with Crippen LogP contribution < -0.4 is 5.32 Å². The molecule has 0 rings (SSSR count). The average molecular weight is 514 g/mol. The number of allylic oxidation sites excluding steroid dienone is 8. The van der Waals surface area contributed by atoms with E-state index in [4.69, 9.17) is 0 Å². The van der Waals surface area contributed by atoms with Crippen LogP contribution in [0.25, 0.3) is 0 Å². The van der Waals surface area contributed by atoms with Crippen molar-refractivity contribution in [3.8, 4) is 0 Å². The van der Waals surface area contributed by atoms with Crippen molar-refractivity contribution in [1.29, 1.82) is 0 Å². The van der Waals surface area contributed by atoms with Crippen LogP contribution in [0, 0.1) is 0 Å². The van der Waals surface area contributed by atoms with Gasteiger partial charge in [-0.15, -0.1) is 0 Å². The van der Waals surface area contributed by atoms with Gasteiger partial charge in [-0.3, -0.25) is 0 Å². The Kier molecular flexibility index (Phi) is 33.9. The molecule has 0 saturated heterocycles. The largest absolute Gasteiger partial charge is 0.317 e. The van der Waals surface area contributed by atoms with Crippen molar-refractivity contribution >= 4 is 0 Å². The third-order valence-corrected chi connectivity index (χ3v) is 7.11. The highest BCUT2D eigenvalue weighted by Crippen LogP contribution is 2.09. The minimum Gasteiger partial charge on any atom is -0.317 e. The van der Waals surface area contributed by atoms with Crippen molar-refractivity contribution in [2.75, 3.05) is 13.1 Å². The highest BCUT2D eigenvalue weighted by atomic mass is 14.8. The van der Waals surface area contributed by atoms with Crippen LogP contribution in [0.2, 0.25) is 0 Å². The number of nitrogens with one attached hydrogen (secondary N) is 1. The van der Waals surface area contributed by atoms with Crippen molar-refractivity contribution in [3.05, 3.63) is 48.6 Å². The number of hydrogen-bond donors (Lipinski definition) is 1. The van der Waals surface area contributed by atoms with Gasteiger partial charge in [0, 0.05) is 0 Å². The number of rotatable bonds is 30. The zero-order valence-corrected chi connectivity index (χ0v) is 25.5. The van der Waals surface area contributed by atoms with Gasteiger partial charge in [-0.1, -0.05) is 140 Å². The smallest absolute Gasteiger partial charge is 0.00489 e. The second-order valence-electron chi connectivity index (χ2n) is 10.9. The lowest BCUT2D eigenvalue weighted by Crippen LogP contribution is -2.16.